The molecule has 3 aromatic carbocycles. The summed E-state index contributed by atoms with van der Waals surface area (Å²) in [7, 11) is 9.05. The molecule has 1 aliphatic rings. The third-order valence-electron chi connectivity index (χ3n) is 7.76. The lowest BCUT2D eigenvalue weighted by molar-refractivity contribution is -0.138. The Bertz CT molecular complexity index is 1190. The number of methoxy groups -OCH3 is 2. The molecule has 1 heterocycles. The molecule has 9 heteroatoms. The van der Waals surface area contributed by atoms with Crippen LogP contribution in [0.15, 0.2) is 66.7 Å². The quantitative estimate of drug-likeness (QED) is 0.331. The van der Waals surface area contributed by atoms with Crippen LogP contribution in [-0.4, -0.2) is 82.8 Å². The van der Waals surface area contributed by atoms with Crippen LogP contribution in [0.4, 0.5) is 13.2 Å². The van der Waals surface area contributed by atoms with E-state index in [0.29, 0.717) is 25.2 Å². The van der Waals surface area contributed by atoms with Gasteiger partial charge in [0.2, 0.25) is 0 Å². The number of alkyl halides is 3. The van der Waals surface area contributed by atoms with Gasteiger partial charge in [-0.3, -0.25) is 9.80 Å². The van der Waals surface area contributed by atoms with Crippen molar-refractivity contribution in [2.45, 2.75) is 24.8 Å². The largest absolute Gasteiger partial charge is 0.497 e. The third kappa shape index (κ3) is 7.80. The molecular weight excluding hydrogens is 529 g/mol. The van der Waals surface area contributed by atoms with Crippen LogP contribution >= 0.6 is 0 Å². The molecule has 0 radical (unpaired) electrons. The second-order valence-corrected chi connectivity index (χ2v) is 10.8. The van der Waals surface area contributed by atoms with E-state index < -0.39 is 11.7 Å². The number of ether oxygens (including phenoxy) is 2. The highest BCUT2D eigenvalue weighted by Gasteiger charge is 2.35. The average molecular weight is 571 g/mol. The van der Waals surface area contributed by atoms with E-state index in [-0.39, 0.29) is 18.6 Å². The molecule has 222 valence electrons. The zero-order valence-corrected chi connectivity index (χ0v) is 24.5. The monoisotopic (exact) mass is 570 g/mol. The molecule has 1 unspecified atom stereocenters. The van der Waals surface area contributed by atoms with Gasteiger partial charge in [-0.2, -0.15) is 13.2 Å². The number of halogens is 3. The van der Waals surface area contributed by atoms with E-state index in [9.17, 15) is 13.2 Å². The molecule has 0 spiro atoms. The Kier molecular flexibility index (Phi) is 10.3. The first kappa shape index (κ1) is 30.8. The number of rotatable bonds is 11. The van der Waals surface area contributed by atoms with Crippen LogP contribution in [0.3, 0.4) is 0 Å². The van der Waals surface area contributed by atoms with Gasteiger partial charge in [-0.05, 0) is 73.7 Å². The van der Waals surface area contributed by atoms with Gasteiger partial charge < -0.3 is 19.7 Å². The normalized spacial score (nSPS) is 15.9. The number of nitrogens with one attached hydrogen (secondary N) is 1. The fourth-order valence-corrected chi connectivity index (χ4v) is 5.57. The molecule has 1 N–H and O–H groups in total. The Hall–Kier alpha value is -3.11. The zero-order valence-electron chi connectivity index (χ0n) is 24.5. The molecule has 0 aromatic heterocycles. The van der Waals surface area contributed by atoms with Gasteiger partial charge >= 0.3 is 6.18 Å². The third-order valence-corrected chi connectivity index (χ3v) is 7.76. The van der Waals surface area contributed by atoms with Gasteiger partial charge in [-0.15, -0.1) is 0 Å². The summed E-state index contributed by atoms with van der Waals surface area (Å²) < 4.78 is 52.8. The molecule has 0 bridgehead atoms. The predicted octanol–water partition coefficient (Wildman–Crippen LogP) is 5.45. The molecule has 0 amide bonds. The molecule has 0 aliphatic carbocycles. The highest BCUT2D eigenvalue weighted by Crippen LogP contribution is 2.35. The van der Waals surface area contributed by atoms with Crippen LogP contribution in [-0.2, 0) is 12.7 Å². The molecule has 1 atom stereocenters. The van der Waals surface area contributed by atoms with Crippen molar-refractivity contribution in [2.24, 2.45) is 0 Å². The Morgan fingerprint density at radius 2 is 1.32 bits per heavy atom. The number of hydrogen-bond donors (Lipinski definition) is 1. The second-order valence-electron chi connectivity index (χ2n) is 10.8. The Balaban J connectivity index is 1.54. The van der Waals surface area contributed by atoms with E-state index in [0.717, 1.165) is 41.3 Å². The molecule has 6 nitrogen and oxygen atoms in total. The van der Waals surface area contributed by atoms with Crippen molar-refractivity contribution in [1.82, 2.24) is 20.0 Å². The van der Waals surface area contributed by atoms with Gasteiger partial charge in [0.05, 0.1) is 25.8 Å². The molecule has 0 saturated carbocycles. The molecule has 1 aliphatic heterocycles. The van der Waals surface area contributed by atoms with E-state index in [1.165, 1.54) is 6.07 Å². The fourth-order valence-electron chi connectivity index (χ4n) is 5.57. The average Bonchev–Trinajstić information content (AvgIpc) is 2.97. The summed E-state index contributed by atoms with van der Waals surface area (Å²) in [6.45, 7) is 3.73. The summed E-state index contributed by atoms with van der Waals surface area (Å²) in [6.07, 6.45) is -4.40. The summed E-state index contributed by atoms with van der Waals surface area (Å²) in [5, 5.41) is 3.24. The van der Waals surface area contributed by atoms with E-state index in [2.05, 4.69) is 39.4 Å². The first-order valence-electron chi connectivity index (χ1n) is 13.9. The minimum Gasteiger partial charge on any atom is -0.497 e. The number of hydrogen-bond acceptors (Lipinski definition) is 6. The van der Waals surface area contributed by atoms with E-state index in [1.807, 2.05) is 50.3 Å². The summed E-state index contributed by atoms with van der Waals surface area (Å²) >= 11 is 0. The highest BCUT2D eigenvalue weighted by atomic mass is 19.4. The fraction of sp³-hybridized carbons (Fsp3) is 0.438. The minimum absolute atomic E-state index is 0.00504. The molecule has 4 rings (SSSR count). The van der Waals surface area contributed by atoms with Gasteiger partial charge in [0.15, 0.2) is 0 Å². The van der Waals surface area contributed by atoms with Crippen LogP contribution in [0.1, 0.15) is 39.9 Å². The lowest BCUT2D eigenvalue weighted by Crippen LogP contribution is -2.47. The number of benzene rings is 3. The number of piperazine rings is 1. The van der Waals surface area contributed by atoms with Gasteiger partial charge in [0.25, 0.3) is 0 Å². The first-order valence-corrected chi connectivity index (χ1v) is 13.9. The molecule has 1 fully saturated rings. The van der Waals surface area contributed by atoms with Crippen LogP contribution < -0.4 is 14.8 Å². The van der Waals surface area contributed by atoms with Crippen molar-refractivity contribution in [3.8, 4) is 11.5 Å². The van der Waals surface area contributed by atoms with E-state index in [1.54, 1.807) is 26.4 Å². The lowest BCUT2D eigenvalue weighted by Gasteiger charge is -2.40. The SMILES string of the molecule is CNC(CN(C)C)c1ccc(C(F)(F)F)c(CN2CCN(C(c3ccc(OC)cc3)c3ccc(OC)cc3)CC2)c1. The van der Waals surface area contributed by atoms with Crippen molar-refractivity contribution in [1.29, 1.82) is 0 Å². The minimum atomic E-state index is -4.40. The standard InChI is InChI=1S/C32H41F3N4O2/c1-36-30(22-37(2)3)25-10-15-29(32(33,34)35)26(20-25)21-38-16-18-39(19-17-38)31(23-6-11-27(40-4)12-7-23)24-8-13-28(41-5)14-9-24/h6-15,20,30-31,36H,16-19,21-22H2,1-5H3. The van der Waals surface area contributed by atoms with Crippen LogP contribution in [0.5, 0.6) is 11.5 Å². The summed E-state index contributed by atoms with van der Waals surface area (Å²) in [6, 6.07) is 20.7. The van der Waals surface area contributed by atoms with Gasteiger partial charge in [-0.25, -0.2) is 0 Å². The maximum absolute atomic E-state index is 14.0. The van der Waals surface area contributed by atoms with Crippen molar-refractivity contribution in [3.05, 3.63) is 94.5 Å². The summed E-state index contributed by atoms with van der Waals surface area (Å²) in [5.74, 6) is 1.58. The Morgan fingerprint density at radius 1 is 0.805 bits per heavy atom. The summed E-state index contributed by atoms with van der Waals surface area (Å²) in [4.78, 5) is 6.55. The first-order chi connectivity index (χ1) is 19.6. The molecule has 1 saturated heterocycles. The topological polar surface area (TPSA) is 40.2 Å². The van der Waals surface area contributed by atoms with Gasteiger partial charge in [-0.1, -0.05) is 36.4 Å². The zero-order chi connectivity index (χ0) is 29.6. The number of nitrogens with zero attached hydrogens (tertiary/aromatic N) is 3. The van der Waals surface area contributed by atoms with Crippen molar-refractivity contribution in [2.75, 3.05) is 68.1 Å². The summed E-state index contributed by atoms with van der Waals surface area (Å²) in [5.41, 5.74) is 2.90. The van der Waals surface area contributed by atoms with Crippen molar-refractivity contribution < 1.29 is 22.6 Å². The van der Waals surface area contributed by atoms with Crippen molar-refractivity contribution >= 4 is 0 Å². The lowest BCUT2D eigenvalue weighted by atomic mass is 9.95. The maximum Gasteiger partial charge on any atom is 0.416 e. The van der Waals surface area contributed by atoms with Crippen LogP contribution in [0.25, 0.3) is 0 Å². The predicted molar refractivity (Wildman–Crippen MR) is 156 cm³/mol. The number of likely N-dealkylation sites (N-methyl/N-ethyl adjacent to an activating group) is 2. The molecule has 3 aromatic rings. The van der Waals surface area contributed by atoms with E-state index >= 15 is 0 Å². The smallest absolute Gasteiger partial charge is 0.416 e. The van der Waals surface area contributed by atoms with E-state index in [4.69, 9.17) is 9.47 Å². The van der Waals surface area contributed by atoms with Gasteiger partial charge in [0, 0.05) is 45.3 Å². The van der Waals surface area contributed by atoms with Crippen LogP contribution in [0, 0.1) is 0 Å². The highest BCUT2D eigenvalue weighted by molar-refractivity contribution is 5.39. The second kappa shape index (κ2) is 13.7. The molecule has 41 heavy (non-hydrogen) atoms. The molecular formula is C32H41F3N4O2. The Morgan fingerprint density at radius 3 is 1.76 bits per heavy atom. The Labute approximate surface area is 241 Å². The maximum atomic E-state index is 14.0. The van der Waals surface area contributed by atoms with Gasteiger partial charge in [0.1, 0.15) is 11.5 Å². The van der Waals surface area contributed by atoms with Crippen LogP contribution in [0.2, 0.25) is 0 Å². The van der Waals surface area contributed by atoms with Crippen molar-refractivity contribution in [3.63, 3.8) is 0 Å².